The maximum Gasteiger partial charge on any atom is 0.241 e. The number of benzene rings is 1. The molecule has 1 heterocycles. The molecule has 5 nitrogen and oxygen atoms in total. The van der Waals surface area contributed by atoms with Crippen LogP contribution in [0.4, 0.5) is 10.1 Å². The summed E-state index contributed by atoms with van der Waals surface area (Å²) in [4.78, 5) is 4.01. The Hall–Kier alpha value is -1.99. The molecule has 20 heavy (non-hydrogen) atoms. The minimum atomic E-state index is -3.80. The molecule has 0 aliphatic heterocycles. The first-order valence-electron chi connectivity index (χ1n) is 5.86. The van der Waals surface area contributed by atoms with E-state index in [2.05, 4.69) is 9.71 Å². The third-order valence-corrected chi connectivity index (χ3v) is 4.07. The van der Waals surface area contributed by atoms with Crippen molar-refractivity contribution < 1.29 is 12.8 Å². The minimum absolute atomic E-state index is 0.0377. The summed E-state index contributed by atoms with van der Waals surface area (Å²) in [6.07, 6.45) is 0. The highest BCUT2D eigenvalue weighted by molar-refractivity contribution is 7.89. The number of aryl methyl sites for hydroxylation is 1. The molecule has 0 unspecified atom stereocenters. The highest BCUT2D eigenvalue weighted by Gasteiger charge is 2.15. The van der Waals surface area contributed by atoms with Crippen LogP contribution in [0.2, 0.25) is 0 Å². The molecule has 0 bridgehead atoms. The predicted octanol–water partition coefficient (Wildman–Crippen LogP) is 1.59. The van der Waals surface area contributed by atoms with Crippen molar-refractivity contribution in [2.24, 2.45) is 0 Å². The van der Waals surface area contributed by atoms with Gasteiger partial charge in [-0.25, -0.2) is 17.5 Å². The number of sulfonamides is 1. The first kappa shape index (κ1) is 14.4. The fourth-order valence-corrected chi connectivity index (χ4v) is 2.64. The Kier molecular flexibility index (Phi) is 4.01. The molecule has 1 aromatic carbocycles. The number of aromatic nitrogens is 1. The molecule has 106 valence electrons. The summed E-state index contributed by atoms with van der Waals surface area (Å²) >= 11 is 0. The molecule has 2 aromatic rings. The number of nitrogens with zero attached hydrogens (tertiary/aromatic N) is 1. The van der Waals surface area contributed by atoms with E-state index >= 15 is 0 Å². The number of nitrogens with one attached hydrogen (secondary N) is 1. The summed E-state index contributed by atoms with van der Waals surface area (Å²) in [7, 11) is -3.80. The zero-order chi connectivity index (χ0) is 14.8. The maximum atomic E-state index is 13.3. The topological polar surface area (TPSA) is 85.1 Å². The summed E-state index contributed by atoms with van der Waals surface area (Å²) < 4.78 is 39.7. The van der Waals surface area contributed by atoms with Gasteiger partial charge in [-0.3, -0.25) is 4.98 Å². The van der Waals surface area contributed by atoms with Crippen LogP contribution in [0.5, 0.6) is 0 Å². The van der Waals surface area contributed by atoms with E-state index in [0.29, 0.717) is 5.69 Å². The lowest BCUT2D eigenvalue weighted by molar-refractivity contribution is 0.577. The van der Waals surface area contributed by atoms with Crippen LogP contribution in [0.3, 0.4) is 0 Å². The lowest BCUT2D eigenvalue weighted by Gasteiger charge is -2.07. The molecule has 1 aromatic heterocycles. The molecule has 0 aliphatic rings. The van der Waals surface area contributed by atoms with E-state index in [1.54, 1.807) is 12.1 Å². The van der Waals surface area contributed by atoms with Gasteiger partial charge in [-0.05, 0) is 37.3 Å². The van der Waals surface area contributed by atoms with Gasteiger partial charge >= 0.3 is 0 Å². The molecule has 3 N–H and O–H groups in total. The zero-order valence-corrected chi connectivity index (χ0v) is 11.6. The molecule has 7 heteroatoms. The standard InChI is InChI=1S/C13H14FN3O2S/c1-9-3-2-4-10(17-9)8-16-20(18,19)11-5-6-13(15)12(14)7-11/h2-7,16H,8,15H2,1H3. The van der Waals surface area contributed by atoms with E-state index in [0.717, 1.165) is 11.8 Å². The summed E-state index contributed by atoms with van der Waals surface area (Å²) in [6.45, 7) is 1.85. The van der Waals surface area contributed by atoms with Gasteiger partial charge in [0.2, 0.25) is 10.0 Å². The van der Waals surface area contributed by atoms with E-state index < -0.39 is 15.8 Å². The second-order valence-electron chi connectivity index (χ2n) is 4.28. The van der Waals surface area contributed by atoms with E-state index in [4.69, 9.17) is 5.73 Å². The third-order valence-electron chi connectivity index (χ3n) is 2.67. The average Bonchev–Trinajstić information content (AvgIpc) is 2.40. The highest BCUT2D eigenvalue weighted by Crippen LogP contribution is 2.16. The number of pyridine rings is 1. The molecule has 0 saturated heterocycles. The molecule has 0 radical (unpaired) electrons. The third kappa shape index (κ3) is 3.31. The van der Waals surface area contributed by atoms with Gasteiger partial charge in [-0.2, -0.15) is 0 Å². The Balaban J connectivity index is 2.17. The first-order chi connectivity index (χ1) is 9.38. The Labute approximate surface area is 116 Å². The molecular formula is C13H14FN3O2S. The second-order valence-corrected chi connectivity index (χ2v) is 6.05. The smallest absolute Gasteiger partial charge is 0.241 e. The van der Waals surface area contributed by atoms with Gasteiger partial charge in [0.1, 0.15) is 5.82 Å². The van der Waals surface area contributed by atoms with Crippen LogP contribution in [0.15, 0.2) is 41.3 Å². The van der Waals surface area contributed by atoms with Crippen LogP contribution in [0, 0.1) is 12.7 Å². The van der Waals surface area contributed by atoms with E-state index in [1.165, 1.54) is 12.1 Å². The van der Waals surface area contributed by atoms with Gasteiger partial charge in [-0.15, -0.1) is 0 Å². The van der Waals surface area contributed by atoms with Gasteiger partial charge in [0.15, 0.2) is 0 Å². The van der Waals surface area contributed by atoms with Crippen molar-refractivity contribution in [3.8, 4) is 0 Å². The summed E-state index contributed by atoms with van der Waals surface area (Å²) in [6, 6.07) is 8.67. The zero-order valence-electron chi connectivity index (χ0n) is 10.8. The van der Waals surface area contributed by atoms with E-state index in [1.807, 2.05) is 13.0 Å². The molecule has 0 atom stereocenters. The normalized spacial score (nSPS) is 11.5. The first-order valence-corrected chi connectivity index (χ1v) is 7.34. The number of nitrogens with two attached hydrogens (primary N) is 1. The quantitative estimate of drug-likeness (QED) is 0.839. The van der Waals surface area contributed by atoms with Crippen molar-refractivity contribution in [2.75, 3.05) is 5.73 Å². The second kappa shape index (κ2) is 5.56. The summed E-state index contributed by atoms with van der Waals surface area (Å²) in [5.74, 6) is -0.762. The van der Waals surface area contributed by atoms with Crippen LogP contribution in [0.1, 0.15) is 11.4 Å². The van der Waals surface area contributed by atoms with E-state index in [9.17, 15) is 12.8 Å². The predicted molar refractivity (Wildman–Crippen MR) is 73.8 cm³/mol. The lowest BCUT2D eigenvalue weighted by atomic mass is 10.3. The van der Waals surface area contributed by atoms with Gasteiger partial charge < -0.3 is 5.73 Å². The fourth-order valence-electron chi connectivity index (χ4n) is 1.63. The number of anilines is 1. The molecule has 2 rings (SSSR count). The molecule has 0 amide bonds. The van der Waals surface area contributed by atoms with Gasteiger partial charge in [-0.1, -0.05) is 6.07 Å². The van der Waals surface area contributed by atoms with Crippen molar-refractivity contribution in [1.82, 2.24) is 9.71 Å². The van der Waals surface area contributed by atoms with Crippen molar-refractivity contribution in [1.29, 1.82) is 0 Å². The van der Waals surface area contributed by atoms with Crippen LogP contribution < -0.4 is 10.5 Å². The number of halogens is 1. The fraction of sp³-hybridized carbons (Fsp3) is 0.154. The largest absolute Gasteiger partial charge is 0.396 e. The monoisotopic (exact) mass is 295 g/mol. The SMILES string of the molecule is Cc1cccc(CNS(=O)(=O)c2ccc(N)c(F)c2)n1. The maximum absolute atomic E-state index is 13.3. The number of nitrogen functional groups attached to an aromatic ring is 1. The van der Waals surface area contributed by atoms with Crippen molar-refractivity contribution >= 4 is 15.7 Å². The Morgan fingerprint density at radius 1 is 1.30 bits per heavy atom. The molecule has 0 aliphatic carbocycles. The lowest BCUT2D eigenvalue weighted by Crippen LogP contribution is -2.24. The Morgan fingerprint density at radius 3 is 2.70 bits per heavy atom. The summed E-state index contributed by atoms with van der Waals surface area (Å²) in [5, 5.41) is 0. The van der Waals surface area contributed by atoms with Crippen molar-refractivity contribution in [2.45, 2.75) is 18.4 Å². The van der Waals surface area contributed by atoms with Crippen LogP contribution in [-0.2, 0) is 16.6 Å². The highest BCUT2D eigenvalue weighted by atomic mass is 32.2. The minimum Gasteiger partial charge on any atom is -0.396 e. The van der Waals surface area contributed by atoms with Gasteiger partial charge in [0.25, 0.3) is 0 Å². The number of hydrogen-bond donors (Lipinski definition) is 2. The molecule has 0 fully saturated rings. The number of hydrogen-bond acceptors (Lipinski definition) is 4. The van der Waals surface area contributed by atoms with Gasteiger partial charge in [0, 0.05) is 5.69 Å². The molecule has 0 saturated carbocycles. The van der Waals surface area contributed by atoms with E-state index in [-0.39, 0.29) is 17.1 Å². The van der Waals surface area contributed by atoms with Gasteiger partial charge in [0.05, 0.1) is 22.8 Å². The van der Waals surface area contributed by atoms with Crippen LogP contribution in [0.25, 0.3) is 0 Å². The average molecular weight is 295 g/mol. The Morgan fingerprint density at radius 2 is 2.05 bits per heavy atom. The van der Waals surface area contributed by atoms with Crippen molar-refractivity contribution in [3.63, 3.8) is 0 Å². The van der Waals surface area contributed by atoms with Crippen molar-refractivity contribution in [3.05, 3.63) is 53.6 Å². The molecule has 0 spiro atoms. The van der Waals surface area contributed by atoms with Crippen LogP contribution in [-0.4, -0.2) is 13.4 Å². The van der Waals surface area contributed by atoms with Crippen LogP contribution >= 0.6 is 0 Å². The Bertz CT molecular complexity index is 732. The number of rotatable bonds is 4. The summed E-state index contributed by atoms with van der Waals surface area (Å²) in [5.41, 5.74) is 6.60. The molecular weight excluding hydrogens is 281 g/mol.